The van der Waals surface area contributed by atoms with E-state index in [1.54, 1.807) is 32.2 Å². The number of nitrogen functional groups attached to an aromatic ring is 1. The van der Waals surface area contributed by atoms with Gasteiger partial charge in [-0.25, -0.2) is 0 Å². The largest absolute Gasteiger partial charge is 0.466 e. The predicted molar refractivity (Wildman–Crippen MR) is 81.5 cm³/mol. The number of anilines is 2. The fourth-order valence-corrected chi connectivity index (χ4v) is 2.36. The van der Waals surface area contributed by atoms with E-state index in [1.165, 1.54) is 4.90 Å². The number of carbonyl (C=O) groups is 1. The molecule has 0 aliphatic heterocycles. The third-order valence-corrected chi connectivity index (χ3v) is 3.67. The maximum atomic E-state index is 12.6. The number of halogens is 1. The van der Waals surface area contributed by atoms with Crippen LogP contribution in [0.2, 0.25) is 5.02 Å². The highest BCUT2D eigenvalue weighted by Crippen LogP contribution is 2.29. The first kappa shape index (κ1) is 14.5. The van der Waals surface area contributed by atoms with Gasteiger partial charge in [0, 0.05) is 17.6 Å². The van der Waals surface area contributed by atoms with Gasteiger partial charge in [0.05, 0.1) is 16.9 Å². The molecule has 2 aromatic rings. The van der Waals surface area contributed by atoms with E-state index in [4.69, 9.17) is 21.8 Å². The zero-order valence-corrected chi connectivity index (χ0v) is 12.7. The monoisotopic (exact) mass is 292 g/mol. The summed E-state index contributed by atoms with van der Waals surface area (Å²) in [6.07, 6.45) is 0. The molecule has 20 heavy (non-hydrogen) atoms. The minimum atomic E-state index is -0.161. The Morgan fingerprint density at radius 2 is 1.90 bits per heavy atom. The van der Waals surface area contributed by atoms with Crippen molar-refractivity contribution in [3.8, 4) is 0 Å². The van der Waals surface area contributed by atoms with Crippen molar-refractivity contribution >= 4 is 28.9 Å². The summed E-state index contributed by atoms with van der Waals surface area (Å²) in [4.78, 5) is 14.1. The van der Waals surface area contributed by atoms with Crippen LogP contribution < -0.4 is 10.6 Å². The lowest BCUT2D eigenvalue weighted by molar-refractivity contribution is 0.0991. The minimum Gasteiger partial charge on any atom is -0.466 e. The molecule has 0 fully saturated rings. The number of rotatable bonds is 2. The van der Waals surface area contributed by atoms with Gasteiger partial charge >= 0.3 is 0 Å². The lowest BCUT2D eigenvalue weighted by Gasteiger charge is -2.19. The third-order valence-electron chi connectivity index (χ3n) is 3.43. The van der Waals surface area contributed by atoms with Crippen LogP contribution in [0.15, 0.2) is 22.6 Å². The molecule has 4 nitrogen and oxygen atoms in total. The van der Waals surface area contributed by atoms with E-state index < -0.39 is 0 Å². The molecule has 106 valence electrons. The van der Waals surface area contributed by atoms with Gasteiger partial charge in [-0.15, -0.1) is 0 Å². The molecule has 0 bridgehead atoms. The summed E-state index contributed by atoms with van der Waals surface area (Å²) >= 11 is 5.97. The number of nitrogens with zero attached hydrogens (tertiary/aromatic N) is 1. The van der Waals surface area contributed by atoms with Gasteiger partial charge in [-0.05, 0) is 39.0 Å². The zero-order chi connectivity index (χ0) is 15.0. The van der Waals surface area contributed by atoms with Crippen molar-refractivity contribution in [3.05, 3.63) is 45.9 Å². The van der Waals surface area contributed by atoms with E-state index >= 15 is 0 Å². The summed E-state index contributed by atoms with van der Waals surface area (Å²) in [5, 5.41) is 0.533. The lowest BCUT2D eigenvalue weighted by Crippen LogP contribution is -2.27. The number of nitrogens with two attached hydrogens (primary N) is 1. The zero-order valence-electron chi connectivity index (χ0n) is 12.0. The number of benzene rings is 1. The average Bonchev–Trinajstić information content (AvgIpc) is 2.64. The van der Waals surface area contributed by atoms with Crippen LogP contribution in [0, 0.1) is 20.8 Å². The number of hydrogen-bond donors (Lipinski definition) is 1. The number of aryl methyl sites for hydroxylation is 2. The van der Waals surface area contributed by atoms with Gasteiger partial charge in [-0.2, -0.15) is 0 Å². The fraction of sp³-hybridized carbons (Fsp3) is 0.267. The van der Waals surface area contributed by atoms with E-state index in [0.29, 0.717) is 27.7 Å². The first-order valence-electron chi connectivity index (χ1n) is 6.22. The summed E-state index contributed by atoms with van der Waals surface area (Å²) in [5.41, 5.74) is 8.42. The van der Waals surface area contributed by atoms with Gasteiger partial charge < -0.3 is 15.1 Å². The Morgan fingerprint density at radius 1 is 1.25 bits per heavy atom. The number of carbonyl (C=O) groups excluding carboxylic acids is 1. The molecule has 0 aliphatic carbocycles. The number of furan rings is 1. The molecule has 1 aromatic heterocycles. The highest BCUT2D eigenvalue weighted by Gasteiger charge is 2.23. The van der Waals surface area contributed by atoms with E-state index in [9.17, 15) is 4.79 Å². The van der Waals surface area contributed by atoms with Crippen molar-refractivity contribution in [2.45, 2.75) is 20.8 Å². The van der Waals surface area contributed by atoms with Gasteiger partial charge in [-0.3, -0.25) is 4.79 Å². The summed E-state index contributed by atoms with van der Waals surface area (Å²) in [6.45, 7) is 5.49. The van der Waals surface area contributed by atoms with E-state index in [1.807, 2.05) is 13.8 Å². The molecule has 0 unspecified atom stereocenters. The molecule has 0 spiro atoms. The standard InChI is InChI=1S/C15H17ClN2O2/c1-8-9(2)20-10(3)14(8)15(19)18(4)13-7-11(16)5-6-12(13)17/h5-7H,17H2,1-4H3. The third kappa shape index (κ3) is 2.39. The molecule has 0 saturated heterocycles. The number of hydrogen-bond acceptors (Lipinski definition) is 3. The van der Waals surface area contributed by atoms with Gasteiger partial charge in [0.1, 0.15) is 11.5 Å². The van der Waals surface area contributed by atoms with Crippen molar-refractivity contribution in [1.82, 2.24) is 0 Å². The molecule has 1 amide bonds. The normalized spacial score (nSPS) is 10.7. The van der Waals surface area contributed by atoms with Gasteiger partial charge in [0.25, 0.3) is 5.91 Å². The molecule has 0 radical (unpaired) electrons. The predicted octanol–water partition coefficient (Wildman–Crippen LogP) is 3.72. The Morgan fingerprint density at radius 3 is 2.45 bits per heavy atom. The van der Waals surface area contributed by atoms with Crippen molar-refractivity contribution in [2.75, 3.05) is 17.7 Å². The van der Waals surface area contributed by atoms with Crippen LogP contribution in [0.1, 0.15) is 27.4 Å². The summed E-state index contributed by atoms with van der Waals surface area (Å²) in [7, 11) is 1.67. The summed E-state index contributed by atoms with van der Waals surface area (Å²) in [6, 6.07) is 5.05. The van der Waals surface area contributed by atoms with Crippen molar-refractivity contribution in [3.63, 3.8) is 0 Å². The van der Waals surface area contributed by atoms with E-state index in [0.717, 1.165) is 11.3 Å². The Kier molecular flexibility index (Phi) is 3.77. The second-order valence-corrected chi connectivity index (χ2v) is 5.22. The van der Waals surface area contributed by atoms with Crippen LogP contribution in [0.5, 0.6) is 0 Å². The second kappa shape index (κ2) is 5.21. The smallest absolute Gasteiger partial charge is 0.261 e. The highest BCUT2D eigenvalue weighted by molar-refractivity contribution is 6.31. The van der Waals surface area contributed by atoms with Crippen LogP contribution in [-0.4, -0.2) is 13.0 Å². The maximum absolute atomic E-state index is 12.6. The first-order valence-corrected chi connectivity index (χ1v) is 6.60. The molecule has 2 N–H and O–H groups in total. The Labute approximate surface area is 123 Å². The van der Waals surface area contributed by atoms with Crippen LogP contribution >= 0.6 is 11.6 Å². The quantitative estimate of drug-likeness (QED) is 0.858. The van der Waals surface area contributed by atoms with E-state index in [2.05, 4.69) is 0 Å². The Bertz CT molecular complexity index is 677. The van der Waals surface area contributed by atoms with Crippen LogP contribution in [0.4, 0.5) is 11.4 Å². The van der Waals surface area contributed by atoms with Gasteiger partial charge in [0.2, 0.25) is 0 Å². The van der Waals surface area contributed by atoms with Gasteiger partial charge in [-0.1, -0.05) is 11.6 Å². The first-order chi connectivity index (χ1) is 9.32. The average molecular weight is 293 g/mol. The van der Waals surface area contributed by atoms with Crippen LogP contribution in [-0.2, 0) is 0 Å². The van der Waals surface area contributed by atoms with Crippen molar-refractivity contribution < 1.29 is 9.21 Å². The molecule has 0 saturated carbocycles. The summed E-state index contributed by atoms with van der Waals surface area (Å²) < 4.78 is 5.50. The van der Waals surface area contributed by atoms with E-state index in [-0.39, 0.29) is 5.91 Å². The molecule has 5 heteroatoms. The van der Waals surface area contributed by atoms with Gasteiger partial charge in [0.15, 0.2) is 0 Å². The molecule has 1 aromatic carbocycles. The maximum Gasteiger partial charge on any atom is 0.261 e. The van der Waals surface area contributed by atoms with Crippen molar-refractivity contribution in [1.29, 1.82) is 0 Å². The second-order valence-electron chi connectivity index (χ2n) is 4.78. The van der Waals surface area contributed by atoms with Crippen LogP contribution in [0.25, 0.3) is 0 Å². The lowest BCUT2D eigenvalue weighted by atomic mass is 10.1. The molecule has 0 aliphatic rings. The molecular formula is C15H17ClN2O2. The van der Waals surface area contributed by atoms with Crippen molar-refractivity contribution in [2.24, 2.45) is 0 Å². The Hall–Kier alpha value is -1.94. The molecule has 1 heterocycles. The molecule has 0 atom stereocenters. The Balaban J connectivity index is 2.45. The number of amides is 1. The SMILES string of the molecule is Cc1oc(C)c(C(=O)N(C)c2cc(Cl)ccc2N)c1C. The topological polar surface area (TPSA) is 59.5 Å². The highest BCUT2D eigenvalue weighted by atomic mass is 35.5. The van der Waals surface area contributed by atoms with Crippen LogP contribution in [0.3, 0.4) is 0 Å². The minimum absolute atomic E-state index is 0.161. The summed E-state index contributed by atoms with van der Waals surface area (Å²) in [5.74, 6) is 1.20. The molecule has 2 rings (SSSR count). The molecular weight excluding hydrogens is 276 g/mol. The fourth-order valence-electron chi connectivity index (χ4n) is 2.19.